The Bertz CT molecular complexity index is 3320. The van der Waals surface area contributed by atoms with Crippen LogP contribution in [-0.2, 0) is 34.9 Å². The Hall–Kier alpha value is -7.72. The van der Waals surface area contributed by atoms with Gasteiger partial charge in [-0.3, -0.25) is 43.1 Å². The molecule has 3 N–H and O–H groups in total. The van der Waals surface area contributed by atoms with E-state index in [1.54, 1.807) is 60.0 Å². The number of nitrogens with one attached hydrogen (secondary N) is 3. The van der Waals surface area contributed by atoms with Gasteiger partial charge in [0.25, 0.3) is 11.8 Å². The fraction of sp³-hybridized carbons (Fsp3) is 0.302. The van der Waals surface area contributed by atoms with Gasteiger partial charge in [-0.15, -0.1) is 0 Å². The van der Waals surface area contributed by atoms with Gasteiger partial charge in [-0.1, -0.05) is 48.5 Å². The van der Waals surface area contributed by atoms with Crippen LogP contribution < -0.4 is 26.5 Å². The van der Waals surface area contributed by atoms with E-state index in [1.165, 1.54) is 16.3 Å². The molecular formula is C53H52FN9O6. The van der Waals surface area contributed by atoms with Crippen LogP contribution in [0.2, 0.25) is 0 Å². The van der Waals surface area contributed by atoms with Crippen molar-refractivity contribution in [3.05, 3.63) is 136 Å². The van der Waals surface area contributed by atoms with E-state index in [9.17, 15) is 28.8 Å². The van der Waals surface area contributed by atoms with Gasteiger partial charge >= 0.3 is 5.69 Å². The van der Waals surface area contributed by atoms with Crippen molar-refractivity contribution < 1.29 is 28.4 Å². The molecule has 5 heterocycles. The number of nitrogens with zero attached hydrogens (tertiary/aromatic N) is 6. The SMILES string of the molecule is CNC(=O)c1cccc(NC(=O)c2nn(C)c3ccc(-c4ccc(N5CCCC5=O)cc4-c4cccc(C5CCCN(CCc6cccc7c6n(C)c(=O)n7C6CCC(=O)NC6=O)C5)c4)c(F)c23)c1. The van der Waals surface area contributed by atoms with Gasteiger partial charge in [-0.05, 0) is 121 Å². The number of hydrogen-bond acceptors (Lipinski definition) is 8. The van der Waals surface area contributed by atoms with Crippen molar-refractivity contribution >= 4 is 62.8 Å². The minimum absolute atomic E-state index is 0.0366. The number of carbonyl (C=O) groups excluding carboxylic acids is 5. The number of anilines is 2. The first-order valence-corrected chi connectivity index (χ1v) is 23.5. The Morgan fingerprint density at radius 2 is 1.62 bits per heavy atom. The molecule has 16 heteroatoms. The molecule has 7 aromatic rings. The number of amides is 5. The zero-order valence-corrected chi connectivity index (χ0v) is 38.7. The van der Waals surface area contributed by atoms with Crippen molar-refractivity contribution in [3.63, 3.8) is 0 Å². The fourth-order valence-corrected chi connectivity index (χ4v) is 10.6. The van der Waals surface area contributed by atoms with E-state index in [-0.39, 0.29) is 58.8 Å². The van der Waals surface area contributed by atoms with Crippen LogP contribution in [0.15, 0.2) is 102 Å². The third-order valence-electron chi connectivity index (χ3n) is 14.0. The molecule has 2 aromatic heterocycles. The molecule has 69 heavy (non-hydrogen) atoms. The maximum Gasteiger partial charge on any atom is 0.329 e. The summed E-state index contributed by atoms with van der Waals surface area (Å²) in [6, 6.07) is 29.0. The maximum atomic E-state index is 17.4. The summed E-state index contributed by atoms with van der Waals surface area (Å²) >= 11 is 0. The summed E-state index contributed by atoms with van der Waals surface area (Å²) in [6.45, 7) is 3.06. The van der Waals surface area contributed by atoms with Gasteiger partial charge in [0.15, 0.2) is 5.69 Å². The molecule has 10 rings (SSSR count). The molecule has 2 unspecified atom stereocenters. The largest absolute Gasteiger partial charge is 0.355 e. The third kappa shape index (κ3) is 8.38. The predicted octanol–water partition coefficient (Wildman–Crippen LogP) is 6.84. The number of rotatable bonds is 11. The highest BCUT2D eigenvalue weighted by atomic mass is 19.1. The number of imide groups is 1. The molecule has 0 bridgehead atoms. The molecule has 0 spiro atoms. The summed E-state index contributed by atoms with van der Waals surface area (Å²) in [5, 5.41) is 12.3. The van der Waals surface area contributed by atoms with Crippen LogP contribution in [0.4, 0.5) is 15.8 Å². The molecule has 352 valence electrons. The van der Waals surface area contributed by atoms with Crippen LogP contribution in [0.5, 0.6) is 0 Å². The van der Waals surface area contributed by atoms with E-state index in [2.05, 4.69) is 38.1 Å². The predicted molar refractivity (Wildman–Crippen MR) is 262 cm³/mol. The molecule has 3 saturated heterocycles. The summed E-state index contributed by atoms with van der Waals surface area (Å²) in [4.78, 5) is 81.8. The van der Waals surface area contributed by atoms with Crippen LogP contribution >= 0.6 is 0 Å². The summed E-state index contributed by atoms with van der Waals surface area (Å²) in [5.74, 6) is -2.11. The zero-order valence-electron chi connectivity index (χ0n) is 38.7. The first-order valence-electron chi connectivity index (χ1n) is 23.5. The smallest absolute Gasteiger partial charge is 0.329 e. The second-order valence-corrected chi connectivity index (χ2v) is 18.3. The minimum Gasteiger partial charge on any atom is -0.355 e. The van der Waals surface area contributed by atoms with Crippen molar-refractivity contribution in [1.82, 2.24) is 34.4 Å². The van der Waals surface area contributed by atoms with Gasteiger partial charge in [0.1, 0.15) is 11.9 Å². The molecule has 5 aromatic carbocycles. The highest BCUT2D eigenvalue weighted by Crippen LogP contribution is 2.41. The standard InChI is InChI=1S/C53H52FN9O6/c1-55-50(66)34-12-5-14-36(28-34)56-52(68)48-46-41(60(3)58-48)20-19-39(47(46)54)38-18-17-37(62-25-8-16-45(62)65)29-40(38)33-11-4-10-32(27-33)35-13-7-24-61(30-35)26-23-31-9-6-15-42-49(31)59(2)53(69)63(42)43-21-22-44(64)57-51(43)67/h4-6,9-12,14-15,17-20,27-29,35,43H,7-8,13,16,21-26,30H2,1-3H3,(H,55,66)(H,56,68)(H,57,64,67). The van der Waals surface area contributed by atoms with Crippen LogP contribution in [0.3, 0.4) is 0 Å². The van der Waals surface area contributed by atoms with Crippen LogP contribution in [-0.4, -0.2) is 86.6 Å². The van der Waals surface area contributed by atoms with Crippen molar-refractivity contribution in [1.29, 1.82) is 0 Å². The van der Waals surface area contributed by atoms with Crippen molar-refractivity contribution in [2.75, 3.05) is 43.4 Å². The molecular weight excluding hydrogens is 878 g/mol. The number of piperidine rings is 2. The number of benzene rings is 5. The number of hydrogen-bond donors (Lipinski definition) is 3. The Morgan fingerprint density at radius 3 is 2.42 bits per heavy atom. The lowest BCUT2D eigenvalue weighted by molar-refractivity contribution is -0.135. The molecule has 0 aliphatic carbocycles. The van der Waals surface area contributed by atoms with Crippen molar-refractivity contribution in [2.45, 2.75) is 56.9 Å². The lowest BCUT2D eigenvalue weighted by Crippen LogP contribution is -2.44. The number of aromatic nitrogens is 4. The van der Waals surface area contributed by atoms with Crippen molar-refractivity contribution in [3.8, 4) is 22.3 Å². The summed E-state index contributed by atoms with van der Waals surface area (Å²) in [6.07, 6.45) is 4.29. The summed E-state index contributed by atoms with van der Waals surface area (Å²) in [5.41, 5.74) is 7.54. The number of halogens is 1. The Morgan fingerprint density at radius 1 is 0.812 bits per heavy atom. The molecule has 0 radical (unpaired) electrons. The topological polar surface area (TPSA) is 173 Å². The van der Waals surface area contributed by atoms with Gasteiger partial charge in [0.05, 0.1) is 21.9 Å². The second kappa shape index (κ2) is 18.4. The molecule has 15 nitrogen and oxygen atoms in total. The van der Waals surface area contributed by atoms with E-state index in [0.29, 0.717) is 47.2 Å². The minimum atomic E-state index is -0.752. The second-order valence-electron chi connectivity index (χ2n) is 18.3. The normalized spacial score (nSPS) is 17.7. The van der Waals surface area contributed by atoms with Gasteiger partial charge in [0, 0.05) is 76.1 Å². The summed E-state index contributed by atoms with van der Waals surface area (Å²) in [7, 11) is 4.90. The molecule has 5 amide bonds. The van der Waals surface area contributed by atoms with Crippen LogP contribution in [0.1, 0.15) is 82.5 Å². The Kier molecular flexibility index (Phi) is 12.0. The zero-order chi connectivity index (χ0) is 48.1. The monoisotopic (exact) mass is 929 g/mol. The number of fused-ring (bicyclic) bond motifs is 2. The number of likely N-dealkylation sites (tertiary alicyclic amines) is 1. The quantitative estimate of drug-likeness (QED) is 0.118. The van der Waals surface area contributed by atoms with E-state index < -0.39 is 23.7 Å². The average Bonchev–Trinajstić information content (AvgIpc) is 4.03. The van der Waals surface area contributed by atoms with E-state index >= 15 is 4.39 Å². The molecule has 2 atom stereocenters. The van der Waals surface area contributed by atoms with Gasteiger partial charge in [-0.25, -0.2) is 9.18 Å². The molecule has 3 aliphatic heterocycles. The van der Waals surface area contributed by atoms with Gasteiger partial charge in [0.2, 0.25) is 17.7 Å². The Balaban J connectivity index is 0.946. The number of aryl methyl sites for hydroxylation is 2. The number of imidazole rings is 1. The summed E-state index contributed by atoms with van der Waals surface area (Å²) < 4.78 is 22.0. The molecule has 0 saturated carbocycles. The number of para-hydroxylation sites is 1. The fourth-order valence-electron chi connectivity index (χ4n) is 10.6. The van der Waals surface area contributed by atoms with Crippen molar-refractivity contribution in [2.24, 2.45) is 14.1 Å². The first-order chi connectivity index (χ1) is 33.4. The van der Waals surface area contributed by atoms with Gasteiger partial charge < -0.3 is 20.4 Å². The highest BCUT2D eigenvalue weighted by molar-refractivity contribution is 6.12. The van der Waals surface area contributed by atoms with E-state index in [4.69, 9.17) is 0 Å². The lowest BCUT2D eigenvalue weighted by atomic mass is 9.87. The Labute approximate surface area is 396 Å². The highest BCUT2D eigenvalue weighted by Gasteiger charge is 2.32. The van der Waals surface area contributed by atoms with Crippen LogP contribution in [0.25, 0.3) is 44.2 Å². The average molecular weight is 930 g/mol. The molecule has 3 fully saturated rings. The van der Waals surface area contributed by atoms with E-state index in [1.807, 2.05) is 48.5 Å². The first kappa shape index (κ1) is 45.1. The maximum absolute atomic E-state index is 17.4. The van der Waals surface area contributed by atoms with Crippen LogP contribution in [0, 0.1) is 5.82 Å². The van der Waals surface area contributed by atoms with Gasteiger partial charge in [-0.2, -0.15) is 5.10 Å². The number of carbonyl (C=O) groups is 5. The third-order valence-corrected chi connectivity index (χ3v) is 14.0. The lowest BCUT2D eigenvalue weighted by Gasteiger charge is -2.33. The molecule has 3 aliphatic rings. The van der Waals surface area contributed by atoms with E-state index in [0.717, 1.165) is 72.4 Å².